The molecule has 3 rings (SSSR count). The molecule has 1 saturated heterocycles. The first-order valence-corrected chi connectivity index (χ1v) is 8.44. The van der Waals surface area contributed by atoms with Crippen LogP contribution in [0.25, 0.3) is 0 Å². The molecule has 1 fully saturated rings. The van der Waals surface area contributed by atoms with Gasteiger partial charge in [0.2, 0.25) is 0 Å². The van der Waals surface area contributed by atoms with Crippen LogP contribution in [0.3, 0.4) is 0 Å². The third-order valence-corrected chi connectivity index (χ3v) is 4.57. The highest BCUT2D eigenvalue weighted by atomic mass is 16.5. The largest absolute Gasteiger partial charge is 0.493 e. The molecule has 3 nitrogen and oxygen atoms in total. The molecule has 1 N–H and O–H groups in total. The zero-order chi connectivity index (χ0) is 14.5. The Morgan fingerprint density at radius 3 is 3.10 bits per heavy atom. The van der Waals surface area contributed by atoms with Crippen molar-refractivity contribution in [1.29, 1.82) is 0 Å². The lowest BCUT2D eigenvalue weighted by molar-refractivity contribution is 0.181. The number of rotatable bonds is 6. The van der Waals surface area contributed by atoms with Crippen molar-refractivity contribution in [3.8, 4) is 5.75 Å². The van der Waals surface area contributed by atoms with E-state index in [0.717, 1.165) is 57.8 Å². The van der Waals surface area contributed by atoms with E-state index >= 15 is 0 Å². The van der Waals surface area contributed by atoms with Crippen LogP contribution in [0.1, 0.15) is 49.8 Å². The van der Waals surface area contributed by atoms with E-state index in [2.05, 4.69) is 30.4 Å². The first-order chi connectivity index (χ1) is 10.4. The molecule has 2 atom stereocenters. The Hall–Kier alpha value is -1.06. The van der Waals surface area contributed by atoms with E-state index in [1.807, 2.05) is 0 Å². The second-order valence-electron chi connectivity index (χ2n) is 6.26. The van der Waals surface area contributed by atoms with Crippen molar-refractivity contribution in [1.82, 2.24) is 5.32 Å². The fourth-order valence-corrected chi connectivity index (χ4v) is 3.43. The summed E-state index contributed by atoms with van der Waals surface area (Å²) in [6, 6.07) is 7.04. The normalized spacial score (nSPS) is 22.6. The standard InChI is InChI=1S/C18H27NO2/c1-2-9-19-17(12-14-8-11-20-13-14)16-7-3-5-15-6-4-10-21-18(15)16/h3,5,7,14,17,19H,2,4,6,8-13H2,1H3. The quantitative estimate of drug-likeness (QED) is 0.869. The Morgan fingerprint density at radius 1 is 1.33 bits per heavy atom. The van der Waals surface area contributed by atoms with Crippen molar-refractivity contribution in [3.63, 3.8) is 0 Å². The van der Waals surface area contributed by atoms with E-state index in [0.29, 0.717) is 12.0 Å². The Bertz CT molecular complexity index is 455. The molecule has 2 aliphatic heterocycles. The second-order valence-corrected chi connectivity index (χ2v) is 6.26. The SMILES string of the molecule is CCCNC(CC1CCOC1)c1cccc2c1OCCC2. The Balaban J connectivity index is 1.80. The van der Waals surface area contributed by atoms with E-state index in [4.69, 9.17) is 9.47 Å². The molecule has 0 aromatic heterocycles. The van der Waals surface area contributed by atoms with Crippen molar-refractivity contribution >= 4 is 0 Å². The molecule has 21 heavy (non-hydrogen) atoms. The lowest BCUT2D eigenvalue weighted by atomic mass is 9.91. The van der Waals surface area contributed by atoms with E-state index in [9.17, 15) is 0 Å². The Morgan fingerprint density at radius 2 is 2.29 bits per heavy atom. The highest BCUT2D eigenvalue weighted by molar-refractivity contribution is 5.44. The summed E-state index contributed by atoms with van der Waals surface area (Å²) in [5.41, 5.74) is 2.73. The lowest BCUT2D eigenvalue weighted by Crippen LogP contribution is -2.26. The van der Waals surface area contributed by atoms with Gasteiger partial charge in [-0.15, -0.1) is 0 Å². The fourth-order valence-electron chi connectivity index (χ4n) is 3.43. The number of hydrogen-bond donors (Lipinski definition) is 1. The molecule has 0 amide bonds. The maximum atomic E-state index is 6.01. The summed E-state index contributed by atoms with van der Waals surface area (Å²) in [7, 11) is 0. The fraction of sp³-hybridized carbons (Fsp3) is 0.667. The van der Waals surface area contributed by atoms with Crippen LogP contribution in [0.2, 0.25) is 0 Å². The van der Waals surface area contributed by atoms with Crippen molar-refractivity contribution < 1.29 is 9.47 Å². The molecule has 1 aromatic carbocycles. The van der Waals surface area contributed by atoms with Gasteiger partial charge in [-0.2, -0.15) is 0 Å². The number of para-hydroxylation sites is 1. The van der Waals surface area contributed by atoms with Crippen molar-refractivity contribution in [2.45, 2.75) is 45.1 Å². The van der Waals surface area contributed by atoms with Gasteiger partial charge in [-0.05, 0) is 50.1 Å². The maximum Gasteiger partial charge on any atom is 0.127 e. The lowest BCUT2D eigenvalue weighted by Gasteiger charge is -2.27. The van der Waals surface area contributed by atoms with Gasteiger partial charge in [-0.25, -0.2) is 0 Å². The molecular formula is C18H27NO2. The van der Waals surface area contributed by atoms with E-state index in [-0.39, 0.29) is 0 Å². The van der Waals surface area contributed by atoms with Crippen LogP contribution >= 0.6 is 0 Å². The number of aryl methyl sites for hydroxylation is 1. The highest BCUT2D eigenvalue weighted by Gasteiger charge is 2.25. The van der Waals surface area contributed by atoms with E-state index in [1.165, 1.54) is 17.5 Å². The average molecular weight is 289 g/mol. The van der Waals surface area contributed by atoms with Crippen LogP contribution in [0.5, 0.6) is 5.75 Å². The minimum Gasteiger partial charge on any atom is -0.493 e. The molecule has 2 unspecified atom stereocenters. The number of nitrogens with one attached hydrogen (secondary N) is 1. The summed E-state index contributed by atoms with van der Waals surface area (Å²) in [5, 5.41) is 3.73. The predicted octanol–water partition coefficient (Wildman–Crippen LogP) is 3.48. The van der Waals surface area contributed by atoms with Crippen LogP contribution in [0.4, 0.5) is 0 Å². The van der Waals surface area contributed by atoms with Crippen LogP contribution in [-0.2, 0) is 11.2 Å². The monoisotopic (exact) mass is 289 g/mol. The smallest absolute Gasteiger partial charge is 0.127 e. The van der Waals surface area contributed by atoms with Crippen LogP contribution in [0.15, 0.2) is 18.2 Å². The van der Waals surface area contributed by atoms with Gasteiger partial charge in [0, 0.05) is 24.8 Å². The molecule has 0 radical (unpaired) electrons. The third kappa shape index (κ3) is 3.58. The van der Waals surface area contributed by atoms with Crippen LogP contribution in [0, 0.1) is 5.92 Å². The molecule has 2 heterocycles. The second kappa shape index (κ2) is 7.28. The van der Waals surface area contributed by atoms with Crippen LogP contribution in [-0.4, -0.2) is 26.4 Å². The average Bonchev–Trinajstić information content (AvgIpc) is 3.04. The summed E-state index contributed by atoms with van der Waals surface area (Å²) in [4.78, 5) is 0. The van der Waals surface area contributed by atoms with E-state index in [1.54, 1.807) is 0 Å². The molecule has 0 spiro atoms. The molecule has 1 aromatic rings. The molecule has 2 aliphatic rings. The summed E-state index contributed by atoms with van der Waals surface area (Å²) in [5.74, 6) is 1.83. The van der Waals surface area contributed by atoms with E-state index < -0.39 is 0 Å². The van der Waals surface area contributed by atoms with Crippen molar-refractivity contribution in [3.05, 3.63) is 29.3 Å². The third-order valence-electron chi connectivity index (χ3n) is 4.57. The van der Waals surface area contributed by atoms with Gasteiger partial charge in [0.15, 0.2) is 0 Å². The first-order valence-electron chi connectivity index (χ1n) is 8.44. The van der Waals surface area contributed by atoms with Gasteiger partial charge in [-0.3, -0.25) is 0 Å². The molecule has 0 aliphatic carbocycles. The molecule has 0 saturated carbocycles. The summed E-state index contributed by atoms with van der Waals surface area (Å²) >= 11 is 0. The maximum absolute atomic E-state index is 6.01. The minimum absolute atomic E-state index is 0.393. The minimum atomic E-state index is 0.393. The van der Waals surface area contributed by atoms with Gasteiger partial charge in [0.25, 0.3) is 0 Å². The molecule has 3 heteroatoms. The summed E-state index contributed by atoms with van der Waals surface area (Å²) < 4.78 is 11.6. The number of fused-ring (bicyclic) bond motifs is 1. The number of hydrogen-bond acceptors (Lipinski definition) is 3. The Kier molecular flexibility index (Phi) is 5.15. The van der Waals surface area contributed by atoms with Gasteiger partial charge < -0.3 is 14.8 Å². The zero-order valence-electron chi connectivity index (χ0n) is 13.1. The van der Waals surface area contributed by atoms with Gasteiger partial charge in [-0.1, -0.05) is 25.1 Å². The highest BCUT2D eigenvalue weighted by Crippen LogP contribution is 2.36. The zero-order valence-corrected chi connectivity index (χ0v) is 13.1. The van der Waals surface area contributed by atoms with Crippen molar-refractivity contribution in [2.24, 2.45) is 5.92 Å². The first kappa shape index (κ1) is 14.9. The van der Waals surface area contributed by atoms with Gasteiger partial charge >= 0.3 is 0 Å². The predicted molar refractivity (Wildman–Crippen MR) is 84.8 cm³/mol. The summed E-state index contributed by atoms with van der Waals surface area (Å²) in [6.45, 7) is 5.98. The number of ether oxygens (including phenoxy) is 2. The topological polar surface area (TPSA) is 30.5 Å². The van der Waals surface area contributed by atoms with Gasteiger partial charge in [0.05, 0.1) is 6.61 Å². The molecule has 0 bridgehead atoms. The number of benzene rings is 1. The Labute approximate surface area is 128 Å². The van der Waals surface area contributed by atoms with Crippen LogP contribution < -0.4 is 10.1 Å². The van der Waals surface area contributed by atoms with Crippen molar-refractivity contribution in [2.75, 3.05) is 26.4 Å². The molecule has 116 valence electrons. The van der Waals surface area contributed by atoms with Gasteiger partial charge in [0.1, 0.15) is 5.75 Å². The molecular weight excluding hydrogens is 262 g/mol. The summed E-state index contributed by atoms with van der Waals surface area (Å²) in [6.07, 6.45) is 5.80.